The molecule has 2 atom stereocenters. The standard InChI is InChI=1S/C15H22F2N2O/c1-11(10-19-6-8-20-9-7-19)18-12(2)15-13(16)4-3-5-14(15)17/h3-5,11-12,18H,6-10H2,1-2H3. The summed E-state index contributed by atoms with van der Waals surface area (Å²) in [6.07, 6.45) is 0. The third kappa shape index (κ3) is 3.98. The van der Waals surface area contributed by atoms with Crippen LogP contribution in [0.2, 0.25) is 0 Å². The summed E-state index contributed by atoms with van der Waals surface area (Å²) < 4.78 is 32.7. The van der Waals surface area contributed by atoms with Crippen LogP contribution >= 0.6 is 0 Å². The maximum absolute atomic E-state index is 13.7. The van der Waals surface area contributed by atoms with Gasteiger partial charge in [0.15, 0.2) is 0 Å². The molecule has 0 aromatic heterocycles. The van der Waals surface area contributed by atoms with Gasteiger partial charge in [-0.05, 0) is 26.0 Å². The van der Waals surface area contributed by atoms with E-state index in [1.54, 1.807) is 6.92 Å². The molecule has 0 aliphatic carbocycles. The summed E-state index contributed by atoms with van der Waals surface area (Å²) in [4.78, 5) is 2.30. The number of morpholine rings is 1. The van der Waals surface area contributed by atoms with Crippen LogP contribution in [0.25, 0.3) is 0 Å². The largest absolute Gasteiger partial charge is 0.379 e. The first kappa shape index (κ1) is 15.4. The zero-order chi connectivity index (χ0) is 14.5. The summed E-state index contributed by atoms with van der Waals surface area (Å²) in [5.74, 6) is -0.993. The minimum Gasteiger partial charge on any atom is -0.379 e. The molecule has 0 amide bonds. The van der Waals surface area contributed by atoms with Crippen molar-refractivity contribution < 1.29 is 13.5 Å². The van der Waals surface area contributed by atoms with Crippen molar-refractivity contribution in [2.75, 3.05) is 32.8 Å². The van der Waals surface area contributed by atoms with E-state index in [9.17, 15) is 8.78 Å². The molecular formula is C15H22F2N2O. The molecule has 1 N–H and O–H groups in total. The Bertz CT molecular complexity index is 416. The van der Waals surface area contributed by atoms with Crippen LogP contribution in [0.15, 0.2) is 18.2 Å². The van der Waals surface area contributed by atoms with E-state index >= 15 is 0 Å². The van der Waals surface area contributed by atoms with Gasteiger partial charge in [-0.15, -0.1) is 0 Å². The fraction of sp³-hybridized carbons (Fsp3) is 0.600. The molecule has 20 heavy (non-hydrogen) atoms. The van der Waals surface area contributed by atoms with Crippen molar-refractivity contribution in [2.24, 2.45) is 0 Å². The molecule has 1 aliphatic rings. The summed E-state index contributed by atoms with van der Waals surface area (Å²) in [5, 5.41) is 3.26. The minimum atomic E-state index is -0.497. The van der Waals surface area contributed by atoms with Crippen molar-refractivity contribution in [1.82, 2.24) is 10.2 Å². The average molecular weight is 284 g/mol. The predicted octanol–water partition coefficient (Wildman–Crippen LogP) is 2.34. The Morgan fingerprint density at radius 3 is 2.40 bits per heavy atom. The normalized spacial score (nSPS) is 19.8. The van der Waals surface area contributed by atoms with Crippen LogP contribution in [0.1, 0.15) is 25.5 Å². The van der Waals surface area contributed by atoms with Gasteiger partial charge in [0.2, 0.25) is 0 Å². The molecule has 0 spiro atoms. The van der Waals surface area contributed by atoms with E-state index in [0.717, 1.165) is 32.8 Å². The van der Waals surface area contributed by atoms with Crippen LogP contribution in [0, 0.1) is 11.6 Å². The van der Waals surface area contributed by atoms with Gasteiger partial charge in [-0.1, -0.05) is 6.07 Å². The van der Waals surface area contributed by atoms with Gasteiger partial charge in [0.05, 0.1) is 13.2 Å². The van der Waals surface area contributed by atoms with E-state index in [-0.39, 0.29) is 17.6 Å². The van der Waals surface area contributed by atoms with Crippen molar-refractivity contribution in [3.63, 3.8) is 0 Å². The van der Waals surface area contributed by atoms with E-state index in [0.29, 0.717) is 0 Å². The quantitative estimate of drug-likeness (QED) is 0.898. The van der Waals surface area contributed by atoms with Crippen molar-refractivity contribution >= 4 is 0 Å². The molecule has 0 saturated carbocycles. The number of ether oxygens (including phenoxy) is 1. The fourth-order valence-electron chi connectivity index (χ4n) is 2.66. The van der Waals surface area contributed by atoms with Gasteiger partial charge in [0, 0.05) is 37.3 Å². The number of rotatable bonds is 5. The van der Waals surface area contributed by atoms with E-state index in [1.165, 1.54) is 18.2 Å². The summed E-state index contributed by atoms with van der Waals surface area (Å²) in [6, 6.07) is 3.78. The van der Waals surface area contributed by atoms with Crippen molar-refractivity contribution in [3.8, 4) is 0 Å². The smallest absolute Gasteiger partial charge is 0.130 e. The lowest BCUT2D eigenvalue weighted by Crippen LogP contribution is -2.45. The third-order valence-electron chi connectivity index (χ3n) is 3.60. The maximum Gasteiger partial charge on any atom is 0.130 e. The number of nitrogens with one attached hydrogen (secondary N) is 1. The molecular weight excluding hydrogens is 262 g/mol. The highest BCUT2D eigenvalue weighted by Gasteiger charge is 2.19. The van der Waals surface area contributed by atoms with E-state index in [4.69, 9.17) is 4.74 Å². The zero-order valence-corrected chi connectivity index (χ0v) is 12.0. The van der Waals surface area contributed by atoms with Crippen molar-refractivity contribution in [2.45, 2.75) is 25.9 Å². The van der Waals surface area contributed by atoms with Gasteiger partial charge in [-0.2, -0.15) is 0 Å². The average Bonchev–Trinajstić information content (AvgIpc) is 2.39. The van der Waals surface area contributed by atoms with Crippen LogP contribution in [0.3, 0.4) is 0 Å². The number of nitrogens with zero attached hydrogens (tertiary/aromatic N) is 1. The highest BCUT2D eigenvalue weighted by Crippen LogP contribution is 2.20. The first-order valence-electron chi connectivity index (χ1n) is 7.08. The Morgan fingerprint density at radius 1 is 1.20 bits per heavy atom. The second-order valence-corrected chi connectivity index (χ2v) is 5.34. The number of hydrogen-bond acceptors (Lipinski definition) is 3. The van der Waals surface area contributed by atoms with Gasteiger partial charge in [-0.3, -0.25) is 4.90 Å². The monoisotopic (exact) mass is 284 g/mol. The highest BCUT2D eigenvalue weighted by atomic mass is 19.1. The molecule has 3 nitrogen and oxygen atoms in total. The van der Waals surface area contributed by atoms with Crippen LogP contribution < -0.4 is 5.32 Å². The Balaban J connectivity index is 1.91. The maximum atomic E-state index is 13.7. The Morgan fingerprint density at radius 2 is 1.80 bits per heavy atom. The molecule has 5 heteroatoms. The number of halogens is 2. The molecule has 1 fully saturated rings. The van der Waals surface area contributed by atoms with Crippen LogP contribution in [-0.4, -0.2) is 43.8 Å². The molecule has 112 valence electrons. The first-order chi connectivity index (χ1) is 9.58. The lowest BCUT2D eigenvalue weighted by molar-refractivity contribution is 0.0339. The Kier molecular flexibility index (Phi) is 5.46. The molecule has 2 unspecified atom stereocenters. The molecule has 2 rings (SSSR count). The van der Waals surface area contributed by atoms with Crippen molar-refractivity contribution in [3.05, 3.63) is 35.4 Å². The summed E-state index contributed by atoms with van der Waals surface area (Å²) in [5.41, 5.74) is 0.112. The Hall–Kier alpha value is -1.04. The minimum absolute atomic E-state index is 0.112. The van der Waals surface area contributed by atoms with E-state index < -0.39 is 11.6 Å². The highest BCUT2D eigenvalue weighted by molar-refractivity contribution is 5.22. The summed E-state index contributed by atoms with van der Waals surface area (Å²) in [7, 11) is 0. The molecule has 1 aliphatic heterocycles. The summed E-state index contributed by atoms with van der Waals surface area (Å²) in [6.45, 7) is 8.00. The SMILES string of the molecule is CC(CN1CCOCC1)NC(C)c1c(F)cccc1F. The van der Waals surface area contributed by atoms with Gasteiger partial charge in [0.1, 0.15) is 11.6 Å². The van der Waals surface area contributed by atoms with Crippen molar-refractivity contribution in [1.29, 1.82) is 0 Å². The van der Waals surface area contributed by atoms with Crippen LogP contribution in [0.5, 0.6) is 0 Å². The van der Waals surface area contributed by atoms with E-state index in [2.05, 4.69) is 10.2 Å². The topological polar surface area (TPSA) is 24.5 Å². The Labute approximate surface area is 118 Å². The van der Waals surface area contributed by atoms with E-state index in [1.807, 2.05) is 6.92 Å². The van der Waals surface area contributed by atoms with Gasteiger partial charge >= 0.3 is 0 Å². The zero-order valence-electron chi connectivity index (χ0n) is 12.0. The van der Waals surface area contributed by atoms with Crippen LogP contribution in [-0.2, 0) is 4.74 Å². The molecule has 0 radical (unpaired) electrons. The molecule has 1 aromatic rings. The van der Waals surface area contributed by atoms with Gasteiger partial charge in [-0.25, -0.2) is 8.78 Å². The summed E-state index contributed by atoms with van der Waals surface area (Å²) >= 11 is 0. The second-order valence-electron chi connectivity index (χ2n) is 5.34. The lowest BCUT2D eigenvalue weighted by Gasteiger charge is -2.30. The lowest BCUT2D eigenvalue weighted by atomic mass is 10.1. The molecule has 1 saturated heterocycles. The molecule has 1 heterocycles. The second kappa shape index (κ2) is 7.11. The third-order valence-corrected chi connectivity index (χ3v) is 3.60. The number of hydrogen-bond donors (Lipinski definition) is 1. The first-order valence-corrected chi connectivity index (χ1v) is 7.08. The van der Waals surface area contributed by atoms with Gasteiger partial charge < -0.3 is 10.1 Å². The molecule has 1 aromatic carbocycles. The van der Waals surface area contributed by atoms with Crippen LogP contribution in [0.4, 0.5) is 8.78 Å². The van der Waals surface area contributed by atoms with Gasteiger partial charge in [0.25, 0.3) is 0 Å². The number of benzene rings is 1. The predicted molar refractivity (Wildman–Crippen MR) is 74.6 cm³/mol. The molecule has 0 bridgehead atoms. The fourth-order valence-corrected chi connectivity index (χ4v) is 2.66.